The zero-order valence-corrected chi connectivity index (χ0v) is 16.7. The third-order valence-electron chi connectivity index (χ3n) is 4.60. The summed E-state index contributed by atoms with van der Waals surface area (Å²) in [7, 11) is 1.62. The Morgan fingerprint density at radius 2 is 1.59 bits per heavy atom. The van der Waals surface area contributed by atoms with Crippen molar-refractivity contribution in [2.24, 2.45) is 0 Å². The lowest BCUT2D eigenvalue weighted by molar-refractivity contribution is -0.127. The highest BCUT2D eigenvalue weighted by Crippen LogP contribution is 2.18. The molecule has 0 heterocycles. The van der Waals surface area contributed by atoms with Gasteiger partial charge in [-0.3, -0.25) is 9.69 Å². The van der Waals surface area contributed by atoms with Crippen molar-refractivity contribution in [2.75, 3.05) is 20.2 Å². The molecule has 0 bridgehead atoms. The van der Waals surface area contributed by atoms with Crippen LogP contribution < -0.4 is 14.8 Å². The second kappa shape index (κ2) is 10.6. The molecule has 0 aliphatic heterocycles. The van der Waals surface area contributed by atoms with E-state index in [0.29, 0.717) is 12.3 Å². The summed E-state index contributed by atoms with van der Waals surface area (Å²) in [5.74, 6) is 1.26. The Bertz CT molecular complexity index is 712. The van der Waals surface area contributed by atoms with E-state index in [9.17, 15) is 4.79 Å². The third-order valence-corrected chi connectivity index (χ3v) is 4.60. The van der Waals surface area contributed by atoms with Crippen molar-refractivity contribution < 1.29 is 14.3 Å². The van der Waals surface area contributed by atoms with E-state index >= 15 is 0 Å². The molecule has 0 unspecified atom stereocenters. The second-order valence-electron chi connectivity index (χ2n) is 6.38. The van der Waals surface area contributed by atoms with Crippen molar-refractivity contribution in [1.29, 1.82) is 0 Å². The number of amides is 1. The predicted octanol–water partition coefficient (Wildman–Crippen LogP) is 3.62. The lowest BCUT2D eigenvalue weighted by Gasteiger charge is -2.21. The number of benzene rings is 2. The molecule has 2 aromatic rings. The van der Waals surface area contributed by atoms with E-state index in [1.165, 1.54) is 5.56 Å². The fraction of sp³-hybridized carbons (Fsp3) is 0.409. The van der Waals surface area contributed by atoms with Crippen LogP contribution in [0.5, 0.6) is 11.5 Å². The SMILES string of the molecule is CCN(CC)Cc1ccccc1CNC(=O)[C@@H](C)Oc1ccc(OC)cc1. The highest BCUT2D eigenvalue weighted by atomic mass is 16.5. The van der Waals surface area contributed by atoms with Crippen molar-refractivity contribution in [2.45, 2.75) is 40.0 Å². The lowest BCUT2D eigenvalue weighted by Crippen LogP contribution is -2.36. The Hall–Kier alpha value is -2.53. The summed E-state index contributed by atoms with van der Waals surface area (Å²) >= 11 is 0. The second-order valence-corrected chi connectivity index (χ2v) is 6.38. The molecule has 5 heteroatoms. The number of carbonyl (C=O) groups is 1. The molecule has 0 aliphatic rings. The van der Waals surface area contributed by atoms with Gasteiger partial charge in [-0.05, 0) is 55.4 Å². The fourth-order valence-electron chi connectivity index (χ4n) is 2.81. The molecule has 0 saturated heterocycles. The summed E-state index contributed by atoms with van der Waals surface area (Å²) in [6.45, 7) is 9.46. The Kier molecular flexibility index (Phi) is 8.14. The first-order valence-electron chi connectivity index (χ1n) is 9.44. The Morgan fingerprint density at radius 1 is 1.00 bits per heavy atom. The molecule has 2 rings (SSSR count). The molecule has 1 amide bonds. The maximum absolute atomic E-state index is 12.4. The Morgan fingerprint density at radius 3 is 2.19 bits per heavy atom. The molecule has 1 atom stereocenters. The van der Waals surface area contributed by atoms with Gasteiger partial charge in [0.1, 0.15) is 11.5 Å². The molecular weight excluding hydrogens is 340 g/mol. The smallest absolute Gasteiger partial charge is 0.261 e. The van der Waals surface area contributed by atoms with E-state index in [1.807, 2.05) is 24.3 Å². The number of carbonyl (C=O) groups excluding carboxylic acids is 1. The van der Waals surface area contributed by atoms with Crippen molar-refractivity contribution in [1.82, 2.24) is 10.2 Å². The molecule has 27 heavy (non-hydrogen) atoms. The van der Waals surface area contributed by atoms with Crippen molar-refractivity contribution in [3.8, 4) is 11.5 Å². The summed E-state index contributed by atoms with van der Waals surface area (Å²) in [5.41, 5.74) is 2.37. The average molecular weight is 370 g/mol. The average Bonchev–Trinajstić information content (AvgIpc) is 2.71. The molecule has 1 N–H and O–H groups in total. The van der Waals surface area contributed by atoms with Crippen LogP contribution in [0, 0.1) is 0 Å². The van der Waals surface area contributed by atoms with Gasteiger partial charge in [-0.25, -0.2) is 0 Å². The van der Waals surface area contributed by atoms with Crippen LogP contribution in [0.2, 0.25) is 0 Å². The first-order chi connectivity index (χ1) is 13.1. The monoisotopic (exact) mass is 370 g/mol. The van der Waals surface area contributed by atoms with Gasteiger partial charge in [0.05, 0.1) is 7.11 Å². The summed E-state index contributed by atoms with van der Waals surface area (Å²) in [6.07, 6.45) is -0.576. The highest BCUT2D eigenvalue weighted by Gasteiger charge is 2.15. The van der Waals surface area contributed by atoms with Crippen LogP contribution in [0.4, 0.5) is 0 Å². The van der Waals surface area contributed by atoms with Crippen LogP contribution in [-0.2, 0) is 17.9 Å². The number of nitrogens with one attached hydrogen (secondary N) is 1. The third kappa shape index (κ3) is 6.29. The van der Waals surface area contributed by atoms with Gasteiger partial charge in [-0.2, -0.15) is 0 Å². The summed E-state index contributed by atoms with van der Waals surface area (Å²) in [6, 6.07) is 15.4. The standard InChI is InChI=1S/C22H30N2O3/c1-5-24(6-2)16-19-10-8-7-9-18(19)15-23-22(25)17(3)27-21-13-11-20(26-4)12-14-21/h7-14,17H,5-6,15-16H2,1-4H3,(H,23,25)/t17-/m1/s1. The molecule has 5 nitrogen and oxygen atoms in total. The van der Waals surface area contributed by atoms with E-state index in [2.05, 4.69) is 36.2 Å². The first kappa shape index (κ1) is 20.8. The van der Waals surface area contributed by atoms with Gasteiger partial charge in [0, 0.05) is 13.1 Å². The lowest BCUT2D eigenvalue weighted by atomic mass is 10.1. The minimum atomic E-state index is -0.576. The number of hydrogen-bond acceptors (Lipinski definition) is 4. The molecule has 146 valence electrons. The van der Waals surface area contributed by atoms with Gasteiger partial charge in [0.2, 0.25) is 0 Å². The largest absolute Gasteiger partial charge is 0.497 e. The Labute approximate surface area is 162 Å². The molecule has 0 radical (unpaired) electrons. The van der Waals surface area contributed by atoms with E-state index in [0.717, 1.165) is 30.9 Å². The van der Waals surface area contributed by atoms with Gasteiger partial charge < -0.3 is 14.8 Å². The molecular formula is C22H30N2O3. The first-order valence-corrected chi connectivity index (χ1v) is 9.44. The zero-order valence-electron chi connectivity index (χ0n) is 16.7. The molecule has 0 saturated carbocycles. The topological polar surface area (TPSA) is 50.8 Å². The summed E-state index contributed by atoms with van der Waals surface area (Å²) < 4.78 is 10.8. The maximum Gasteiger partial charge on any atom is 0.261 e. The highest BCUT2D eigenvalue weighted by molar-refractivity contribution is 5.80. The fourth-order valence-corrected chi connectivity index (χ4v) is 2.81. The summed E-state index contributed by atoms with van der Waals surface area (Å²) in [4.78, 5) is 14.8. The maximum atomic E-state index is 12.4. The van der Waals surface area contributed by atoms with E-state index in [1.54, 1.807) is 26.2 Å². The molecule has 0 aromatic heterocycles. The number of rotatable bonds is 10. The van der Waals surface area contributed by atoms with Crippen LogP contribution in [0.25, 0.3) is 0 Å². The molecule has 0 fully saturated rings. The normalized spacial score (nSPS) is 11.9. The van der Waals surface area contributed by atoms with Crippen LogP contribution in [0.1, 0.15) is 31.9 Å². The molecule has 2 aromatic carbocycles. The van der Waals surface area contributed by atoms with E-state index in [4.69, 9.17) is 9.47 Å². The summed E-state index contributed by atoms with van der Waals surface area (Å²) in [5, 5.41) is 2.98. The van der Waals surface area contributed by atoms with E-state index < -0.39 is 6.10 Å². The molecule has 0 spiro atoms. The van der Waals surface area contributed by atoms with Gasteiger partial charge in [0.15, 0.2) is 6.10 Å². The number of ether oxygens (including phenoxy) is 2. The minimum absolute atomic E-state index is 0.136. The van der Waals surface area contributed by atoms with Crippen molar-refractivity contribution >= 4 is 5.91 Å². The number of methoxy groups -OCH3 is 1. The van der Waals surface area contributed by atoms with Gasteiger partial charge in [-0.1, -0.05) is 38.1 Å². The van der Waals surface area contributed by atoms with Gasteiger partial charge in [0.25, 0.3) is 5.91 Å². The van der Waals surface area contributed by atoms with Gasteiger partial charge >= 0.3 is 0 Å². The van der Waals surface area contributed by atoms with Crippen LogP contribution in [0.3, 0.4) is 0 Å². The molecule has 0 aliphatic carbocycles. The van der Waals surface area contributed by atoms with Crippen LogP contribution in [0.15, 0.2) is 48.5 Å². The van der Waals surface area contributed by atoms with Crippen molar-refractivity contribution in [3.63, 3.8) is 0 Å². The Balaban J connectivity index is 1.92. The number of nitrogens with zero attached hydrogens (tertiary/aromatic N) is 1. The van der Waals surface area contributed by atoms with Gasteiger partial charge in [-0.15, -0.1) is 0 Å². The minimum Gasteiger partial charge on any atom is -0.497 e. The van der Waals surface area contributed by atoms with Crippen LogP contribution in [-0.4, -0.2) is 37.1 Å². The van der Waals surface area contributed by atoms with Crippen LogP contribution >= 0.6 is 0 Å². The van der Waals surface area contributed by atoms with E-state index in [-0.39, 0.29) is 5.91 Å². The zero-order chi connectivity index (χ0) is 19.6. The predicted molar refractivity (Wildman–Crippen MR) is 108 cm³/mol. The quantitative estimate of drug-likeness (QED) is 0.694. The number of hydrogen-bond donors (Lipinski definition) is 1. The van der Waals surface area contributed by atoms with Crippen molar-refractivity contribution in [3.05, 3.63) is 59.7 Å².